The molecule has 1 amide bonds. The molecule has 1 N–H and O–H groups in total. The van der Waals surface area contributed by atoms with Gasteiger partial charge in [-0.1, -0.05) is 17.4 Å². The molecule has 0 saturated carbocycles. The zero-order valence-electron chi connectivity index (χ0n) is 11.5. The third-order valence-electron chi connectivity index (χ3n) is 3.32. The van der Waals surface area contributed by atoms with Gasteiger partial charge in [0.25, 0.3) is 5.91 Å². The van der Waals surface area contributed by atoms with Crippen molar-refractivity contribution in [1.82, 2.24) is 4.98 Å². The van der Waals surface area contributed by atoms with E-state index in [1.165, 1.54) is 11.3 Å². The number of hydrogen-bond acceptors (Lipinski definition) is 5. The monoisotopic (exact) mass is 302 g/mol. The number of carbonyl (C=O) groups excluding carboxylic acids is 2. The van der Waals surface area contributed by atoms with Crippen LogP contribution in [0.2, 0.25) is 0 Å². The van der Waals surface area contributed by atoms with Crippen molar-refractivity contribution in [2.75, 3.05) is 12.4 Å². The summed E-state index contributed by atoms with van der Waals surface area (Å²) in [4.78, 5) is 29.0. The van der Waals surface area contributed by atoms with Gasteiger partial charge in [-0.05, 0) is 31.0 Å². The maximum absolute atomic E-state index is 12.2. The minimum atomic E-state index is -0.257. The van der Waals surface area contributed by atoms with Crippen LogP contribution in [-0.4, -0.2) is 23.8 Å². The molecule has 1 aliphatic rings. The molecule has 1 aromatic carbocycles. The number of aromatic nitrogens is 1. The van der Waals surface area contributed by atoms with Gasteiger partial charge in [0.1, 0.15) is 5.75 Å². The van der Waals surface area contributed by atoms with Gasteiger partial charge in [-0.2, -0.15) is 0 Å². The zero-order valence-corrected chi connectivity index (χ0v) is 12.3. The van der Waals surface area contributed by atoms with Crippen molar-refractivity contribution in [3.05, 3.63) is 40.4 Å². The largest absolute Gasteiger partial charge is 0.497 e. The maximum Gasteiger partial charge on any atom is 0.257 e. The number of thiazole rings is 1. The van der Waals surface area contributed by atoms with E-state index in [1.54, 1.807) is 31.4 Å². The number of methoxy groups -OCH3 is 1. The van der Waals surface area contributed by atoms with E-state index in [0.29, 0.717) is 27.7 Å². The lowest BCUT2D eigenvalue weighted by Gasteiger charge is -2.05. The van der Waals surface area contributed by atoms with E-state index in [0.717, 1.165) is 18.5 Å². The summed E-state index contributed by atoms with van der Waals surface area (Å²) in [6.45, 7) is 0. The Morgan fingerprint density at radius 2 is 2.24 bits per heavy atom. The van der Waals surface area contributed by atoms with Crippen molar-refractivity contribution in [2.24, 2.45) is 0 Å². The summed E-state index contributed by atoms with van der Waals surface area (Å²) in [6, 6.07) is 6.90. The van der Waals surface area contributed by atoms with Crippen LogP contribution in [0.3, 0.4) is 0 Å². The average molecular weight is 302 g/mol. The van der Waals surface area contributed by atoms with E-state index in [9.17, 15) is 9.59 Å². The lowest BCUT2D eigenvalue weighted by atomic mass is 10.0. The maximum atomic E-state index is 12.2. The van der Waals surface area contributed by atoms with Crippen molar-refractivity contribution in [2.45, 2.75) is 19.3 Å². The lowest BCUT2D eigenvalue weighted by molar-refractivity contribution is 0.0975. The number of hydrogen-bond donors (Lipinski definition) is 1. The zero-order chi connectivity index (χ0) is 14.8. The van der Waals surface area contributed by atoms with E-state index in [4.69, 9.17) is 4.74 Å². The number of ether oxygens (including phenoxy) is 1. The van der Waals surface area contributed by atoms with Gasteiger partial charge in [-0.25, -0.2) is 4.98 Å². The number of nitrogens with zero attached hydrogens (tertiary/aromatic N) is 1. The highest BCUT2D eigenvalue weighted by atomic mass is 32.1. The van der Waals surface area contributed by atoms with Crippen molar-refractivity contribution in [3.63, 3.8) is 0 Å². The molecule has 1 heterocycles. The highest BCUT2D eigenvalue weighted by Gasteiger charge is 2.22. The van der Waals surface area contributed by atoms with Crippen LogP contribution < -0.4 is 10.1 Å². The van der Waals surface area contributed by atoms with Gasteiger partial charge >= 0.3 is 0 Å². The van der Waals surface area contributed by atoms with Gasteiger partial charge < -0.3 is 4.74 Å². The molecule has 2 aromatic rings. The van der Waals surface area contributed by atoms with Gasteiger partial charge in [0.2, 0.25) is 0 Å². The SMILES string of the molecule is COc1cccc(C(=O)Nc2nc3c(s2)C(=O)CCC3)c1. The molecule has 0 atom stereocenters. The van der Waals surface area contributed by atoms with Crippen LogP contribution in [0.15, 0.2) is 24.3 Å². The molecule has 1 aromatic heterocycles. The molecule has 0 unspecified atom stereocenters. The number of rotatable bonds is 3. The quantitative estimate of drug-likeness (QED) is 0.946. The Morgan fingerprint density at radius 3 is 3.00 bits per heavy atom. The third-order valence-corrected chi connectivity index (χ3v) is 4.37. The second-order valence-corrected chi connectivity index (χ2v) is 5.76. The predicted molar refractivity (Wildman–Crippen MR) is 80.3 cm³/mol. The number of carbonyl (C=O) groups is 2. The summed E-state index contributed by atoms with van der Waals surface area (Å²) in [6.07, 6.45) is 2.20. The van der Waals surface area contributed by atoms with E-state index < -0.39 is 0 Å². The van der Waals surface area contributed by atoms with Gasteiger partial charge in [-0.15, -0.1) is 0 Å². The lowest BCUT2D eigenvalue weighted by Crippen LogP contribution is -2.11. The van der Waals surface area contributed by atoms with Crippen LogP contribution in [-0.2, 0) is 6.42 Å². The van der Waals surface area contributed by atoms with Crippen LogP contribution in [0.25, 0.3) is 0 Å². The topological polar surface area (TPSA) is 68.3 Å². The standard InChI is InChI=1S/C15H14N2O3S/c1-20-10-5-2-4-9(8-10)14(19)17-15-16-11-6-3-7-12(18)13(11)21-15/h2,4-5,8H,3,6-7H2,1H3,(H,16,17,19). The Hall–Kier alpha value is -2.21. The second kappa shape index (κ2) is 5.65. The summed E-state index contributed by atoms with van der Waals surface area (Å²) in [5.74, 6) is 0.485. The van der Waals surface area contributed by atoms with Gasteiger partial charge in [-0.3, -0.25) is 14.9 Å². The molecule has 3 rings (SSSR count). The normalized spacial score (nSPS) is 13.7. The molecule has 0 aliphatic heterocycles. The number of fused-ring (bicyclic) bond motifs is 1. The number of ketones is 1. The van der Waals surface area contributed by atoms with Crippen LogP contribution in [0.5, 0.6) is 5.75 Å². The molecular weight excluding hydrogens is 288 g/mol. The molecule has 21 heavy (non-hydrogen) atoms. The Kier molecular flexibility index (Phi) is 3.70. The highest BCUT2D eigenvalue weighted by molar-refractivity contribution is 7.17. The number of anilines is 1. The molecule has 0 radical (unpaired) electrons. The number of Topliss-reactive ketones (excluding diaryl/α,β-unsaturated/α-hetero) is 1. The first kappa shape index (κ1) is 13.8. The fourth-order valence-electron chi connectivity index (χ4n) is 2.26. The van der Waals surface area contributed by atoms with Crippen LogP contribution in [0.1, 0.15) is 38.6 Å². The van der Waals surface area contributed by atoms with Crippen molar-refractivity contribution >= 4 is 28.2 Å². The Balaban J connectivity index is 1.80. The van der Waals surface area contributed by atoms with Crippen LogP contribution in [0.4, 0.5) is 5.13 Å². The summed E-state index contributed by atoms with van der Waals surface area (Å²) < 4.78 is 5.10. The minimum Gasteiger partial charge on any atom is -0.497 e. The summed E-state index contributed by atoms with van der Waals surface area (Å²) in [5.41, 5.74) is 1.30. The summed E-state index contributed by atoms with van der Waals surface area (Å²) in [5, 5.41) is 3.22. The predicted octanol–water partition coefficient (Wildman–Crippen LogP) is 2.92. The Morgan fingerprint density at radius 1 is 1.38 bits per heavy atom. The van der Waals surface area contributed by atoms with Crippen molar-refractivity contribution in [3.8, 4) is 5.75 Å². The number of aryl methyl sites for hydroxylation is 1. The second-order valence-electron chi connectivity index (χ2n) is 4.76. The summed E-state index contributed by atoms with van der Waals surface area (Å²) in [7, 11) is 1.55. The van der Waals surface area contributed by atoms with E-state index in [1.807, 2.05) is 0 Å². The fraction of sp³-hybridized carbons (Fsp3) is 0.267. The van der Waals surface area contributed by atoms with E-state index >= 15 is 0 Å². The fourth-order valence-corrected chi connectivity index (χ4v) is 3.23. The van der Waals surface area contributed by atoms with Crippen molar-refractivity contribution < 1.29 is 14.3 Å². The first-order valence-corrected chi connectivity index (χ1v) is 7.47. The van der Waals surface area contributed by atoms with Crippen molar-refractivity contribution in [1.29, 1.82) is 0 Å². The first-order valence-electron chi connectivity index (χ1n) is 6.65. The molecule has 0 fully saturated rings. The number of benzene rings is 1. The average Bonchev–Trinajstić information content (AvgIpc) is 2.91. The highest BCUT2D eigenvalue weighted by Crippen LogP contribution is 2.29. The van der Waals surface area contributed by atoms with E-state index in [-0.39, 0.29) is 11.7 Å². The molecular formula is C15H14N2O3S. The number of nitrogens with one attached hydrogen (secondary N) is 1. The molecule has 108 valence electrons. The molecule has 5 nitrogen and oxygen atoms in total. The Labute approximate surface area is 126 Å². The number of amides is 1. The van der Waals surface area contributed by atoms with Crippen LogP contribution in [0, 0.1) is 0 Å². The van der Waals surface area contributed by atoms with Gasteiger partial charge in [0.15, 0.2) is 10.9 Å². The molecule has 1 aliphatic carbocycles. The summed E-state index contributed by atoms with van der Waals surface area (Å²) >= 11 is 1.25. The molecule has 0 saturated heterocycles. The van der Waals surface area contributed by atoms with Gasteiger partial charge in [0.05, 0.1) is 17.7 Å². The van der Waals surface area contributed by atoms with E-state index in [2.05, 4.69) is 10.3 Å². The smallest absolute Gasteiger partial charge is 0.257 e. The Bertz CT molecular complexity index is 709. The first-order chi connectivity index (χ1) is 10.2. The third kappa shape index (κ3) is 2.80. The molecule has 0 bridgehead atoms. The molecule has 0 spiro atoms. The van der Waals surface area contributed by atoms with Gasteiger partial charge in [0, 0.05) is 12.0 Å². The van der Waals surface area contributed by atoms with Crippen LogP contribution >= 0.6 is 11.3 Å². The minimum absolute atomic E-state index is 0.121. The molecule has 6 heteroatoms.